The van der Waals surface area contributed by atoms with Crippen LogP contribution >= 0.6 is 11.3 Å². The molecule has 2 aromatic heterocycles. The third-order valence-corrected chi connectivity index (χ3v) is 3.72. The van der Waals surface area contributed by atoms with E-state index in [9.17, 15) is 4.79 Å². The molecular formula is C14H11NOS. The lowest BCUT2D eigenvalue weighted by atomic mass is 10.1. The molecule has 0 saturated carbocycles. The van der Waals surface area contributed by atoms with Gasteiger partial charge in [0.15, 0.2) is 0 Å². The summed E-state index contributed by atoms with van der Waals surface area (Å²) in [6.07, 6.45) is 0. The van der Waals surface area contributed by atoms with Gasteiger partial charge in [-0.3, -0.25) is 4.79 Å². The Hall–Kier alpha value is -1.87. The quantitative estimate of drug-likeness (QED) is 0.694. The molecule has 2 nitrogen and oxygen atoms in total. The Morgan fingerprint density at radius 3 is 2.71 bits per heavy atom. The second kappa shape index (κ2) is 3.86. The van der Waals surface area contributed by atoms with Crippen LogP contribution in [0.3, 0.4) is 0 Å². The van der Waals surface area contributed by atoms with Crippen LogP contribution in [0.1, 0.15) is 5.69 Å². The first-order valence-corrected chi connectivity index (χ1v) is 6.30. The number of rotatable bonds is 1. The zero-order valence-electron chi connectivity index (χ0n) is 9.36. The van der Waals surface area contributed by atoms with Crippen molar-refractivity contribution in [2.45, 2.75) is 6.92 Å². The van der Waals surface area contributed by atoms with Gasteiger partial charge in [-0.1, -0.05) is 30.3 Å². The summed E-state index contributed by atoms with van der Waals surface area (Å²) in [5, 5.41) is 2.85. The molecule has 3 aromatic rings. The highest BCUT2D eigenvalue weighted by molar-refractivity contribution is 7.17. The van der Waals surface area contributed by atoms with Gasteiger partial charge in [0.2, 0.25) is 0 Å². The van der Waals surface area contributed by atoms with E-state index in [0.717, 1.165) is 26.9 Å². The van der Waals surface area contributed by atoms with Crippen molar-refractivity contribution in [3.05, 3.63) is 57.8 Å². The lowest BCUT2D eigenvalue weighted by molar-refractivity contribution is 1.17. The molecule has 0 bridgehead atoms. The average molecular weight is 241 g/mol. The zero-order valence-corrected chi connectivity index (χ0v) is 10.2. The van der Waals surface area contributed by atoms with E-state index < -0.39 is 0 Å². The second-order valence-electron chi connectivity index (χ2n) is 4.04. The SMILES string of the molecule is Cc1cc2scc(-c3ccccc3)c2c(=O)[nH]1. The minimum atomic E-state index is 0.0000954. The maximum atomic E-state index is 12.0. The molecular weight excluding hydrogens is 230 g/mol. The minimum absolute atomic E-state index is 0.0000954. The van der Waals surface area contributed by atoms with E-state index >= 15 is 0 Å². The molecule has 2 heterocycles. The molecule has 0 aliphatic carbocycles. The molecule has 1 N–H and O–H groups in total. The van der Waals surface area contributed by atoms with Gasteiger partial charge in [-0.25, -0.2) is 0 Å². The first-order chi connectivity index (χ1) is 8.25. The zero-order chi connectivity index (χ0) is 11.8. The Morgan fingerprint density at radius 1 is 1.18 bits per heavy atom. The largest absolute Gasteiger partial charge is 0.326 e. The fraction of sp³-hybridized carbons (Fsp3) is 0.0714. The number of aromatic amines is 1. The number of pyridine rings is 1. The van der Waals surface area contributed by atoms with Crippen molar-refractivity contribution in [2.24, 2.45) is 0 Å². The molecule has 0 radical (unpaired) electrons. The van der Waals surface area contributed by atoms with Gasteiger partial charge in [0.05, 0.1) is 5.39 Å². The molecule has 3 heteroatoms. The number of benzene rings is 1. The number of hydrogen-bond acceptors (Lipinski definition) is 2. The highest BCUT2D eigenvalue weighted by atomic mass is 32.1. The number of hydrogen-bond donors (Lipinski definition) is 1. The molecule has 1 aromatic carbocycles. The molecule has 0 aliphatic rings. The fourth-order valence-corrected chi connectivity index (χ4v) is 3.08. The van der Waals surface area contributed by atoms with E-state index in [1.165, 1.54) is 0 Å². The third kappa shape index (κ3) is 1.68. The van der Waals surface area contributed by atoms with Crippen molar-refractivity contribution in [1.29, 1.82) is 0 Å². The molecule has 0 unspecified atom stereocenters. The van der Waals surface area contributed by atoms with Gasteiger partial charge in [-0.05, 0) is 18.6 Å². The van der Waals surface area contributed by atoms with Gasteiger partial charge >= 0.3 is 0 Å². The van der Waals surface area contributed by atoms with Crippen LogP contribution < -0.4 is 5.56 Å². The van der Waals surface area contributed by atoms with Crippen molar-refractivity contribution in [3.63, 3.8) is 0 Å². The number of aromatic nitrogens is 1. The summed E-state index contributed by atoms with van der Waals surface area (Å²) in [5.74, 6) is 0. The lowest BCUT2D eigenvalue weighted by Gasteiger charge is -1.99. The Labute approximate surface area is 103 Å². The van der Waals surface area contributed by atoms with Gasteiger partial charge in [-0.2, -0.15) is 0 Å². The van der Waals surface area contributed by atoms with E-state index in [1.54, 1.807) is 11.3 Å². The van der Waals surface area contributed by atoms with Crippen molar-refractivity contribution in [1.82, 2.24) is 4.98 Å². The van der Waals surface area contributed by atoms with Crippen LogP contribution in [0.25, 0.3) is 21.2 Å². The first-order valence-electron chi connectivity index (χ1n) is 5.42. The van der Waals surface area contributed by atoms with Crippen LogP contribution in [0, 0.1) is 6.92 Å². The summed E-state index contributed by atoms with van der Waals surface area (Å²) in [6, 6.07) is 12.0. The van der Waals surface area contributed by atoms with Crippen molar-refractivity contribution in [2.75, 3.05) is 0 Å². The summed E-state index contributed by atoms with van der Waals surface area (Å²) < 4.78 is 1.05. The van der Waals surface area contributed by atoms with Gasteiger partial charge in [0.25, 0.3) is 5.56 Å². The molecule has 0 amide bonds. The Kier molecular flexibility index (Phi) is 2.34. The van der Waals surface area contributed by atoms with Crippen LogP contribution in [0.15, 0.2) is 46.6 Å². The average Bonchev–Trinajstić information content (AvgIpc) is 2.74. The number of aryl methyl sites for hydroxylation is 1. The molecule has 0 saturated heterocycles. The van der Waals surface area contributed by atoms with Crippen LogP contribution in [0.5, 0.6) is 0 Å². The molecule has 84 valence electrons. The minimum Gasteiger partial charge on any atom is -0.326 e. The first kappa shape index (κ1) is 10.3. The molecule has 17 heavy (non-hydrogen) atoms. The number of nitrogens with one attached hydrogen (secondary N) is 1. The van der Waals surface area contributed by atoms with Crippen LogP contribution in [-0.4, -0.2) is 4.98 Å². The Balaban J connectivity index is 2.37. The van der Waals surface area contributed by atoms with Gasteiger partial charge < -0.3 is 4.98 Å². The lowest BCUT2D eigenvalue weighted by Crippen LogP contribution is -2.06. The number of H-pyrrole nitrogens is 1. The van der Waals surface area contributed by atoms with Crippen molar-refractivity contribution >= 4 is 21.4 Å². The predicted octanol–water partition coefficient (Wildman–Crippen LogP) is 3.57. The molecule has 0 spiro atoms. The van der Waals surface area contributed by atoms with E-state index in [0.29, 0.717) is 0 Å². The number of thiophene rings is 1. The Bertz CT molecular complexity index is 725. The standard InChI is InChI=1S/C14H11NOS/c1-9-7-12-13(14(16)15-9)11(8-17-12)10-5-3-2-4-6-10/h2-8H,1H3,(H,15,16). The van der Waals surface area contributed by atoms with Crippen molar-refractivity contribution in [3.8, 4) is 11.1 Å². The summed E-state index contributed by atoms with van der Waals surface area (Å²) in [6.45, 7) is 1.91. The van der Waals surface area contributed by atoms with Gasteiger partial charge in [0.1, 0.15) is 0 Å². The topological polar surface area (TPSA) is 32.9 Å². The summed E-state index contributed by atoms with van der Waals surface area (Å²) in [5.41, 5.74) is 3.02. The van der Waals surface area contributed by atoms with E-state index in [2.05, 4.69) is 10.4 Å². The van der Waals surface area contributed by atoms with E-state index in [4.69, 9.17) is 0 Å². The van der Waals surface area contributed by atoms with E-state index in [-0.39, 0.29) is 5.56 Å². The maximum absolute atomic E-state index is 12.0. The summed E-state index contributed by atoms with van der Waals surface area (Å²) in [4.78, 5) is 14.9. The molecule has 0 atom stereocenters. The predicted molar refractivity (Wildman–Crippen MR) is 72.6 cm³/mol. The second-order valence-corrected chi connectivity index (χ2v) is 4.95. The normalized spacial score (nSPS) is 10.9. The van der Waals surface area contributed by atoms with E-state index in [1.807, 2.05) is 43.3 Å². The highest BCUT2D eigenvalue weighted by Gasteiger charge is 2.09. The summed E-state index contributed by atoms with van der Waals surface area (Å²) in [7, 11) is 0. The fourth-order valence-electron chi connectivity index (χ4n) is 2.02. The van der Waals surface area contributed by atoms with Gasteiger partial charge in [-0.15, -0.1) is 11.3 Å². The molecule has 0 fully saturated rings. The van der Waals surface area contributed by atoms with Crippen LogP contribution in [0.2, 0.25) is 0 Å². The Morgan fingerprint density at radius 2 is 1.94 bits per heavy atom. The third-order valence-electron chi connectivity index (χ3n) is 2.79. The molecule has 3 rings (SSSR count). The highest BCUT2D eigenvalue weighted by Crippen LogP contribution is 2.31. The van der Waals surface area contributed by atoms with Gasteiger partial charge in [0, 0.05) is 21.3 Å². The monoisotopic (exact) mass is 241 g/mol. The maximum Gasteiger partial charge on any atom is 0.257 e. The number of fused-ring (bicyclic) bond motifs is 1. The van der Waals surface area contributed by atoms with Crippen molar-refractivity contribution < 1.29 is 0 Å². The summed E-state index contributed by atoms with van der Waals surface area (Å²) >= 11 is 1.62. The molecule has 0 aliphatic heterocycles. The smallest absolute Gasteiger partial charge is 0.257 e. The van der Waals surface area contributed by atoms with Crippen LogP contribution in [-0.2, 0) is 0 Å². The van der Waals surface area contributed by atoms with Crippen LogP contribution in [0.4, 0.5) is 0 Å².